The first-order valence-electron chi connectivity index (χ1n) is 7.81. The Morgan fingerprint density at radius 2 is 1.85 bits per heavy atom. The van der Waals surface area contributed by atoms with E-state index in [1.54, 1.807) is 37.4 Å². The molecule has 1 amide bonds. The molecule has 136 valence electrons. The lowest BCUT2D eigenvalue weighted by atomic mass is 10.2. The summed E-state index contributed by atoms with van der Waals surface area (Å²) in [6, 6.07) is 12.6. The van der Waals surface area contributed by atoms with Crippen molar-refractivity contribution in [3.63, 3.8) is 0 Å². The maximum Gasteiger partial charge on any atom is 0.306 e. The highest BCUT2D eigenvalue weighted by Crippen LogP contribution is 2.16. The fraction of sp³-hybridized carbons (Fsp3) is 0.222. The van der Waals surface area contributed by atoms with Crippen molar-refractivity contribution in [2.45, 2.75) is 19.4 Å². The lowest BCUT2D eigenvalue weighted by Crippen LogP contribution is -2.14. The van der Waals surface area contributed by atoms with Crippen LogP contribution >= 0.6 is 0 Å². The minimum absolute atomic E-state index is 0.0280. The van der Waals surface area contributed by atoms with Crippen molar-refractivity contribution in [2.75, 3.05) is 12.4 Å². The Kier molecular flexibility index (Phi) is 6.67. The van der Waals surface area contributed by atoms with E-state index >= 15 is 0 Å². The zero-order chi connectivity index (χ0) is 18.9. The monoisotopic (exact) mass is 358 g/mol. The van der Waals surface area contributed by atoms with Crippen LogP contribution in [0.5, 0.6) is 5.75 Å². The highest BCUT2D eigenvalue weighted by molar-refractivity contribution is 5.92. The van der Waals surface area contributed by atoms with Gasteiger partial charge in [0.15, 0.2) is 0 Å². The molecule has 0 aliphatic carbocycles. The fourth-order valence-corrected chi connectivity index (χ4v) is 2.11. The second-order valence-electron chi connectivity index (χ2n) is 5.36. The second kappa shape index (κ2) is 9.16. The molecule has 2 aromatic carbocycles. The lowest BCUT2D eigenvalue weighted by molar-refractivity contribution is -0.384. The van der Waals surface area contributed by atoms with E-state index in [-0.39, 0.29) is 31.0 Å². The fourth-order valence-electron chi connectivity index (χ4n) is 2.11. The molecule has 2 rings (SSSR count). The number of hydrogen-bond acceptors (Lipinski definition) is 6. The van der Waals surface area contributed by atoms with Crippen LogP contribution in [0.3, 0.4) is 0 Å². The predicted molar refractivity (Wildman–Crippen MR) is 93.8 cm³/mol. The Balaban J connectivity index is 1.74. The van der Waals surface area contributed by atoms with Crippen molar-refractivity contribution < 1.29 is 24.0 Å². The molecule has 0 spiro atoms. The summed E-state index contributed by atoms with van der Waals surface area (Å²) in [5.74, 6) is -0.198. The van der Waals surface area contributed by atoms with E-state index in [1.807, 2.05) is 0 Å². The Labute approximate surface area is 149 Å². The minimum Gasteiger partial charge on any atom is -0.497 e. The molecular weight excluding hydrogens is 340 g/mol. The van der Waals surface area contributed by atoms with Crippen LogP contribution in [-0.4, -0.2) is 23.9 Å². The van der Waals surface area contributed by atoms with Crippen molar-refractivity contribution in [1.82, 2.24) is 0 Å². The normalized spacial score (nSPS) is 10.0. The molecule has 0 aromatic heterocycles. The van der Waals surface area contributed by atoms with Crippen LogP contribution < -0.4 is 10.1 Å². The van der Waals surface area contributed by atoms with Crippen molar-refractivity contribution in [3.8, 4) is 5.75 Å². The van der Waals surface area contributed by atoms with E-state index in [2.05, 4.69) is 5.32 Å². The highest BCUT2D eigenvalue weighted by Gasteiger charge is 2.10. The summed E-state index contributed by atoms with van der Waals surface area (Å²) in [7, 11) is 1.55. The Hall–Kier alpha value is -3.42. The summed E-state index contributed by atoms with van der Waals surface area (Å²) >= 11 is 0. The number of rotatable bonds is 8. The first-order chi connectivity index (χ1) is 12.5. The predicted octanol–water partition coefficient (Wildman–Crippen LogP) is 3.07. The van der Waals surface area contributed by atoms with Gasteiger partial charge in [0.05, 0.1) is 18.5 Å². The number of amides is 1. The number of hydrogen-bond donors (Lipinski definition) is 1. The van der Waals surface area contributed by atoms with Gasteiger partial charge >= 0.3 is 5.97 Å². The van der Waals surface area contributed by atoms with Crippen LogP contribution in [0.15, 0.2) is 48.5 Å². The van der Waals surface area contributed by atoms with E-state index in [0.717, 1.165) is 0 Å². The third-order valence-electron chi connectivity index (χ3n) is 3.45. The highest BCUT2D eigenvalue weighted by atomic mass is 16.6. The molecule has 1 N–H and O–H groups in total. The van der Waals surface area contributed by atoms with Gasteiger partial charge in [-0.3, -0.25) is 19.7 Å². The van der Waals surface area contributed by atoms with Crippen molar-refractivity contribution in [3.05, 3.63) is 64.2 Å². The third kappa shape index (κ3) is 5.90. The summed E-state index contributed by atoms with van der Waals surface area (Å²) in [5, 5.41) is 13.4. The molecule has 0 radical (unpaired) electrons. The summed E-state index contributed by atoms with van der Waals surface area (Å²) in [5.41, 5.74) is 1.04. The molecule has 2 aromatic rings. The standard InChI is InChI=1S/C18H18N2O6/c1-25-16-7-5-14(6-8-16)19-17(21)9-10-18(22)26-12-13-3-2-4-15(11-13)20(23)24/h2-8,11H,9-10,12H2,1H3,(H,19,21). The average Bonchev–Trinajstić information content (AvgIpc) is 2.65. The SMILES string of the molecule is COc1ccc(NC(=O)CCC(=O)OCc2cccc([N+](=O)[O-])c2)cc1. The van der Waals surface area contributed by atoms with Gasteiger partial charge in [0.1, 0.15) is 12.4 Å². The van der Waals surface area contributed by atoms with Crippen LogP contribution in [0.25, 0.3) is 0 Å². The number of carbonyl (C=O) groups excluding carboxylic acids is 2. The number of anilines is 1. The minimum atomic E-state index is -0.554. The molecule has 26 heavy (non-hydrogen) atoms. The number of nitrogens with one attached hydrogen (secondary N) is 1. The van der Waals surface area contributed by atoms with Crippen LogP contribution in [0.2, 0.25) is 0 Å². The van der Waals surface area contributed by atoms with Gasteiger partial charge < -0.3 is 14.8 Å². The molecule has 0 unspecified atom stereocenters. The van der Waals surface area contributed by atoms with Gasteiger partial charge in [-0.05, 0) is 29.8 Å². The molecule has 0 aliphatic rings. The summed E-state index contributed by atoms with van der Waals surface area (Å²) in [6.07, 6.45) is -0.114. The van der Waals surface area contributed by atoms with Gasteiger partial charge in [-0.2, -0.15) is 0 Å². The number of benzene rings is 2. The molecule has 0 atom stereocenters. The first-order valence-corrected chi connectivity index (χ1v) is 7.81. The molecular formula is C18H18N2O6. The Morgan fingerprint density at radius 1 is 1.12 bits per heavy atom. The lowest BCUT2D eigenvalue weighted by Gasteiger charge is -2.07. The van der Waals surface area contributed by atoms with Crippen LogP contribution in [-0.2, 0) is 20.9 Å². The Morgan fingerprint density at radius 3 is 2.50 bits per heavy atom. The van der Waals surface area contributed by atoms with Gasteiger partial charge in [-0.25, -0.2) is 0 Å². The number of nitro benzene ring substituents is 1. The molecule has 0 fully saturated rings. The average molecular weight is 358 g/mol. The van der Waals surface area contributed by atoms with E-state index in [1.165, 1.54) is 18.2 Å². The van der Waals surface area contributed by atoms with Crippen molar-refractivity contribution in [1.29, 1.82) is 0 Å². The van der Waals surface area contributed by atoms with Gasteiger partial charge in [-0.1, -0.05) is 12.1 Å². The summed E-state index contributed by atoms with van der Waals surface area (Å²) in [6.45, 7) is -0.0827. The molecule has 0 bridgehead atoms. The van der Waals surface area contributed by atoms with Crippen molar-refractivity contribution in [2.24, 2.45) is 0 Å². The molecule has 8 nitrogen and oxygen atoms in total. The number of ether oxygens (including phenoxy) is 2. The molecule has 0 aliphatic heterocycles. The van der Waals surface area contributed by atoms with Crippen LogP contribution in [0, 0.1) is 10.1 Å². The first kappa shape index (κ1) is 18.9. The maximum atomic E-state index is 11.8. The number of nitro groups is 1. The molecule has 0 heterocycles. The second-order valence-corrected chi connectivity index (χ2v) is 5.36. The largest absolute Gasteiger partial charge is 0.497 e. The quantitative estimate of drug-likeness (QED) is 0.441. The number of carbonyl (C=O) groups is 2. The molecule has 8 heteroatoms. The smallest absolute Gasteiger partial charge is 0.306 e. The van der Waals surface area contributed by atoms with Gasteiger partial charge in [0, 0.05) is 24.2 Å². The zero-order valence-corrected chi connectivity index (χ0v) is 14.1. The van der Waals surface area contributed by atoms with E-state index in [9.17, 15) is 19.7 Å². The van der Waals surface area contributed by atoms with Gasteiger partial charge in [0.25, 0.3) is 5.69 Å². The summed E-state index contributed by atoms with van der Waals surface area (Å²) < 4.78 is 10.1. The van der Waals surface area contributed by atoms with E-state index in [4.69, 9.17) is 9.47 Å². The molecule has 0 saturated heterocycles. The number of nitrogens with zero attached hydrogens (tertiary/aromatic N) is 1. The maximum absolute atomic E-state index is 11.8. The number of non-ortho nitro benzene ring substituents is 1. The number of methoxy groups -OCH3 is 1. The third-order valence-corrected chi connectivity index (χ3v) is 3.45. The van der Waals surface area contributed by atoms with Crippen LogP contribution in [0.4, 0.5) is 11.4 Å². The summed E-state index contributed by atoms with van der Waals surface area (Å²) in [4.78, 5) is 33.7. The Bertz CT molecular complexity index is 789. The van der Waals surface area contributed by atoms with Gasteiger partial charge in [-0.15, -0.1) is 0 Å². The number of esters is 1. The van der Waals surface area contributed by atoms with Crippen molar-refractivity contribution >= 4 is 23.3 Å². The van der Waals surface area contributed by atoms with Crippen LogP contribution in [0.1, 0.15) is 18.4 Å². The zero-order valence-electron chi connectivity index (χ0n) is 14.1. The topological polar surface area (TPSA) is 108 Å². The van der Waals surface area contributed by atoms with Gasteiger partial charge in [0.2, 0.25) is 5.91 Å². The molecule has 0 saturated carbocycles. The van der Waals surface area contributed by atoms with E-state index in [0.29, 0.717) is 17.0 Å². The van der Waals surface area contributed by atoms with E-state index < -0.39 is 10.9 Å².